The van der Waals surface area contributed by atoms with Crippen LogP contribution in [0.4, 0.5) is 0 Å². The molecule has 1 aliphatic rings. The van der Waals surface area contributed by atoms with Crippen LogP contribution in [0.2, 0.25) is 0 Å². The third-order valence-corrected chi connectivity index (χ3v) is 4.68. The number of carbonyl (C=O) groups excluding carboxylic acids is 3. The molecule has 0 aliphatic carbocycles. The Morgan fingerprint density at radius 2 is 1.85 bits per heavy atom. The van der Waals surface area contributed by atoms with Crippen LogP contribution in [-0.4, -0.2) is 29.2 Å². The molecule has 2 aromatic carbocycles. The summed E-state index contributed by atoms with van der Waals surface area (Å²) in [5.74, 6) is -1.32. The Balaban J connectivity index is 1.52. The Bertz CT molecular complexity index is 826. The summed E-state index contributed by atoms with van der Waals surface area (Å²) in [5, 5.41) is 0. The van der Waals surface area contributed by atoms with Crippen molar-refractivity contribution in [3.8, 4) is 0 Å². The highest BCUT2D eigenvalue weighted by molar-refractivity contribution is 9.10. The molecule has 0 spiro atoms. The fourth-order valence-corrected chi connectivity index (χ4v) is 3.23. The van der Waals surface area contributed by atoms with E-state index >= 15 is 0 Å². The molecule has 7 heteroatoms. The second-order valence-electron chi connectivity index (χ2n) is 6.11. The monoisotopic (exact) mass is 415 g/mol. The van der Waals surface area contributed by atoms with Crippen LogP contribution in [0.1, 0.15) is 22.3 Å². The number of carbonyl (C=O) groups is 3. The molecule has 2 aromatic rings. The average Bonchev–Trinajstić information content (AvgIpc) is 3.01. The van der Waals surface area contributed by atoms with Crippen molar-refractivity contribution in [2.75, 3.05) is 6.54 Å². The SMILES string of the molecule is O=C(NNC(=O)C1CC(=O)N(Cc2ccccc2)C1)c1cccc(Br)c1. The van der Waals surface area contributed by atoms with Crippen molar-refractivity contribution in [1.29, 1.82) is 0 Å². The van der Waals surface area contributed by atoms with Gasteiger partial charge in [0.15, 0.2) is 0 Å². The number of hydrogen-bond acceptors (Lipinski definition) is 3. The normalized spacial score (nSPS) is 16.4. The second kappa shape index (κ2) is 8.14. The Kier molecular flexibility index (Phi) is 5.68. The van der Waals surface area contributed by atoms with Crippen LogP contribution in [-0.2, 0) is 16.1 Å². The van der Waals surface area contributed by atoms with Crippen LogP contribution in [0.15, 0.2) is 59.1 Å². The van der Waals surface area contributed by atoms with Crippen LogP contribution in [0, 0.1) is 5.92 Å². The molecule has 0 aromatic heterocycles. The maximum Gasteiger partial charge on any atom is 0.269 e. The Morgan fingerprint density at radius 1 is 1.08 bits per heavy atom. The van der Waals surface area contributed by atoms with E-state index in [9.17, 15) is 14.4 Å². The van der Waals surface area contributed by atoms with Gasteiger partial charge < -0.3 is 4.90 Å². The molecule has 134 valence electrons. The molecule has 1 aliphatic heterocycles. The number of hydrazine groups is 1. The van der Waals surface area contributed by atoms with Gasteiger partial charge in [0.05, 0.1) is 5.92 Å². The van der Waals surface area contributed by atoms with Crippen molar-refractivity contribution in [1.82, 2.24) is 15.8 Å². The molecular weight excluding hydrogens is 398 g/mol. The first-order valence-electron chi connectivity index (χ1n) is 8.20. The van der Waals surface area contributed by atoms with Crippen molar-refractivity contribution in [3.05, 3.63) is 70.2 Å². The van der Waals surface area contributed by atoms with Gasteiger partial charge in [-0.2, -0.15) is 0 Å². The van der Waals surface area contributed by atoms with E-state index in [1.807, 2.05) is 30.3 Å². The van der Waals surface area contributed by atoms with Crippen molar-refractivity contribution in [3.63, 3.8) is 0 Å². The molecule has 1 atom stereocenters. The molecule has 1 heterocycles. The lowest BCUT2D eigenvalue weighted by molar-refractivity contribution is -0.129. The number of halogens is 1. The number of likely N-dealkylation sites (tertiary alicyclic amines) is 1. The van der Waals surface area contributed by atoms with E-state index in [1.165, 1.54) is 0 Å². The lowest BCUT2D eigenvalue weighted by atomic mass is 10.1. The van der Waals surface area contributed by atoms with Gasteiger partial charge in [-0.1, -0.05) is 52.3 Å². The highest BCUT2D eigenvalue weighted by Gasteiger charge is 2.34. The summed E-state index contributed by atoms with van der Waals surface area (Å²) < 4.78 is 0.773. The third kappa shape index (κ3) is 4.49. The molecule has 0 saturated carbocycles. The van der Waals surface area contributed by atoms with E-state index in [2.05, 4.69) is 26.8 Å². The van der Waals surface area contributed by atoms with E-state index in [0.29, 0.717) is 18.7 Å². The van der Waals surface area contributed by atoms with Crippen molar-refractivity contribution >= 4 is 33.7 Å². The summed E-state index contributed by atoms with van der Waals surface area (Å²) >= 11 is 3.29. The minimum Gasteiger partial charge on any atom is -0.338 e. The fraction of sp³-hybridized carbons (Fsp3) is 0.211. The van der Waals surface area contributed by atoms with Gasteiger partial charge in [0.25, 0.3) is 5.91 Å². The minimum atomic E-state index is -0.478. The number of rotatable bonds is 4. The topological polar surface area (TPSA) is 78.5 Å². The molecule has 3 amide bonds. The molecular formula is C19H18BrN3O3. The van der Waals surface area contributed by atoms with Crippen LogP contribution >= 0.6 is 15.9 Å². The Labute approximate surface area is 159 Å². The predicted octanol–water partition coefficient (Wildman–Crippen LogP) is 2.26. The van der Waals surface area contributed by atoms with E-state index in [-0.39, 0.29) is 18.2 Å². The summed E-state index contributed by atoms with van der Waals surface area (Å²) in [6, 6.07) is 16.5. The summed E-state index contributed by atoms with van der Waals surface area (Å²) in [4.78, 5) is 38.1. The maximum atomic E-state index is 12.3. The largest absolute Gasteiger partial charge is 0.338 e. The van der Waals surface area contributed by atoms with Gasteiger partial charge in [-0.05, 0) is 23.8 Å². The van der Waals surface area contributed by atoms with Crippen LogP contribution in [0.3, 0.4) is 0 Å². The first kappa shape index (κ1) is 18.1. The van der Waals surface area contributed by atoms with Gasteiger partial charge in [0.1, 0.15) is 0 Å². The van der Waals surface area contributed by atoms with Gasteiger partial charge in [0, 0.05) is 29.5 Å². The third-order valence-electron chi connectivity index (χ3n) is 4.19. The van der Waals surface area contributed by atoms with Crippen LogP contribution in [0.25, 0.3) is 0 Å². The molecule has 3 rings (SSSR count). The lowest BCUT2D eigenvalue weighted by Gasteiger charge is -2.16. The van der Waals surface area contributed by atoms with E-state index in [4.69, 9.17) is 0 Å². The summed E-state index contributed by atoms with van der Waals surface area (Å²) in [6.45, 7) is 0.820. The molecule has 2 N–H and O–H groups in total. The summed E-state index contributed by atoms with van der Waals surface area (Å²) in [5.41, 5.74) is 6.25. The smallest absolute Gasteiger partial charge is 0.269 e. The van der Waals surface area contributed by atoms with Gasteiger partial charge in [-0.3, -0.25) is 25.2 Å². The zero-order chi connectivity index (χ0) is 18.5. The van der Waals surface area contributed by atoms with Gasteiger partial charge in [-0.15, -0.1) is 0 Å². The van der Waals surface area contributed by atoms with Crippen LogP contribution in [0.5, 0.6) is 0 Å². The van der Waals surface area contributed by atoms with Crippen molar-refractivity contribution in [2.24, 2.45) is 5.92 Å². The molecule has 1 fully saturated rings. The first-order chi connectivity index (χ1) is 12.5. The summed E-state index contributed by atoms with van der Waals surface area (Å²) in [6.07, 6.45) is 0.144. The van der Waals surface area contributed by atoms with Gasteiger partial charge in [-0.25, -0.2) is 0 Å². The highest BCUT2D eigenvalue weighted by Crippen LogP contribution is 2.20. The van der Waals surface area contributed by atoms with Gasteiger partial charge in [0.2, 0.25) is 11.8 Å². The van der Waals surface area contributed by atoms with E-state index in [0.717, 1.165) is 10.0 Å². The molecule has 26 heavy (non-hydrogen) atoms. The first-order valence-corrected chi connectivity index (χ1v) is 8.99. The molecule has 0 bridgehead atoms. The molecule has 1 unspecified atom stereocenters. The van der Waals surface area contributed by atoms with Crippen LogP contribution < -0.4 is 10.9 Å². The highest BCUT2D eigenvalue weighted by atomic mass is 79.9. The summed E-state index contributed by atoms with van der Waals surface area (Å²) in [7, 11) is 0. The zero-order valence-corrected chi connectivity index (χ0v) is 15.5. The Morgan fingerprint density at radius 3 is 2.58 bits per heavy atom. The number of nitrogens with zero attached hydrogens (tertiary/aromatic N) is 1. The van der Waals surface area contributed by atoms with E-state index in [1.54, 1.807) is 29.2 Å². The zero-order valence-electron chi connectivity index (χ0n) is 13.9. The number of amides is 3. The van der Waals surface area contributed by atoms with Gasteiger partial charge >= 0.3 is 0 Å². The molecule has 6 nitrogen and oxygen atoms in total. The fourth-order valence-electron chi connectivity index (χ4n) is 2.83. The minimum absolute atomic E-state index is 0.0627. The number of hydrogen-bond donors (Lipinski definition) is 2. The standard InChI is InChI=1S/C19H18BrN3O3/c20-16-8-4-7-14(9-16)18(25)21-22-19(26)15-10-17(24)23(12-15)11-13-5-2-1-3-6-13/h1-9,15H,10-12H2,(H,21,25)(H,22,26). The van der Waals surface area contributed by atoms with Crippen molar-refractivity contribution < 1.29 is 14.4 Å². The quantitative estimate of drug-likeness (QED) is 0.751. The number of nitrogens with one attached hydrogen (secondary N) is 2. The molecule has 1 saturated heterocycles. The average molecular weight is 416 g/mol. The lowest BCUT2D eigenvalue weighted by Crippen LogP contribution is -2.45. The molecule has 0 radical (unpaired) electrons. The van der Waals surface area contributed by atoms with Crippen molar-refractivity contribution in [2.45, 2.75) is 13.0 Å². The second-order valence-corrected chi connectivity index (χ2v) is 7.03. The predicted molar refractivity (Wildman–Crippen MR) is 99.7 cm³/mol. The Hall–Kier alpha value is -2.67. The van der Waals surface area contributed by atoms with E-state index < -0.39 is 11.8 Å². The number of benzene rings is 2. The maximum absolute atomic E-state index is 12.3.